The van der Waals surface area contributed by atoms with Crippen LogP contribution in [0.15, 0.2) is 23.1 Å². The van der Waals surface area contributed by atoms with Gasteiger partial charge in [0, 0.05) is 17.9 Å². The molecule has 104 valence electrons. The van der Waals surface area contributed by atoms with Crippen LogP contribution in [0, 0.1) is 11.8 Å². The first-order chi connectivity index (χ1) is 9.01. The Morgan fingerprint density at radius 1 is 1.47 bits per heavy atom. The summed E-state index contributed by atoms with van der Waals surface area (Å²) >= 11 is 7.55. The maximum atomic E-state index is 12.0. The van der Waals surface area contributed by atoms with E-state index in [0.717, 1.165) is 0 Å². The molecule has 19 heavy (non-hydrogen) atoms. The SMILES string of the molecule is CSCCNS(=O)(=O)c1ccc(C#CCN)cc1Cl. The van der Waals surface area contributed by atoms with Crippen molar-refractivity contribution in [3.8, 4) is 11.8 Å². The highest BCUT2D eigenvalue weighted by Crippen LogP contribution is 2.22. The van der Waals surface area contributed by atoms with Crippen molar-refractivity contribution in [3.63, 3.8) is 0 Å². The highest BCUT2D eigenvalue weighted by molar-refractivity contribution is 7.98. The van der Waals surface area contributed by atoms with Crippen molar-refractivity contribution in [2.24, 2.45) is 5.73 Å². The van der Waals surface area contributed by atoms with Gasteiger partial charge in [-0.25, -0.2) is 13.1 Å². The lowest BCUT2D eigenvalue weighted by Crippen LogP contribution is -2.26. The van der Waals surface area contributed by atoms with Crippen LogP contribution in [0.1, 0.15) is 5.56 Å². The minimum absolute atomic E-state index is 0.0635. The van der Waals surface area contributed by atoms with Crippen molar-refractivity contribution in [2.45, 2.75) is 4.90 Å². The predicted molar refractivity (Wildman–Crippen MR) is 81.0 cm³/mol. The zero-order valence-electron chi connectivity index (χ0n) is 10.4. The Bertz CT molecular complexity index is 591. The van der Waals surface area contributed by atoms with E-state index in [2.05, 4.69) is 16.6 Å². The van der Waals surface area contributed by atoms with Crippen molar-refractivity contribution in [3.05, 3.63) is 28.8 Å². The maximum absolute atomic E-state index is 12.0. The fourth-order valence-corrected chi connectivity index (χ4v) is 3.32. The summed E-state index contributed by atoms with van der Waals surface area (Å²) in [4.78, 5) is 0.0635. The van der Waals surface area contributed by atoms with Gasteiger partial charge in [0.1, 0.15) is 4.90 Å². The molecule has 0 saturated carbocycles. The third kappa shape index (κ3) is 5.05. The molecule has 0 bridgehead atoms. The van der Waals surface area contributed by atoms with Crippen molar-refractivity contribution in [1.82, 2.24) is 4.72 Å². The number of halogens is 1. The smallest absolute Gasteiger partial charge is 0.242 e. The average molecular weight is 319 g/mol. The molecule has 0 aromatic heterocycles. The normalized spacial score (nSPS) is 10.9. The second kappa shape index (κ2) is 7.78. The highest BCUT2D eigenvalue weighted by atomic mass is 35.5. The molecule has 0 heterocycles. The molecule has 4 nitrogen and oxygen atoms in total. The van der Waals surface area contributed by atoms with Crippen LogP contribution in [0.5, 0.6) is 0 Å². The topological polar surface area (TPSA) is 72.2 Å². The monoisotopic (exact) mass is 318 g/mol. The predicted octanol–water partition coefficient (Wildman–Crippen LogP) is 1.29. The molecule has 0 unspecified atom stereocenters. The Kier molecular flexibility index (Phi) is 6.69. The first-order valence-corrected chi connectivity index (χ1v) is 8.74. The second-order valence-electron chi connectivity index (χ2n) is 3.54. The Morgan fingerprint density at radius 3 is 2.79 bits per heavy atom. The summed E-state index contributed by atoms with van der Waals surface area (Å²) in [5.41, 5.74) is 5.90. The molecular weight excluding hydrogens is 304 g/mol. The molecule has 0 aliphatic rings. The Morgan fingerprint density at radius 2 is 2.21 bits per heavy atom. The molecule has 1 aromatic rings. The largest absolute Gasteiger partial charge is 0.320 e. The van der Waals surface area contributed by atoms with E-state index in [0.29, 0.717) is 17.9 Å². The Hall–Kier alpha value is -0.710. The van der Waals surface area contributed by atoms with Gasteiger partial charge in [0.05, 0.1) is 11.6 Å². The number of rotatable bonds is 5. The fourth-order valence-electron chi connectivity index (χ4n) is 1.31. The maximum Gasteiger partial charge on any atom is 0.242 e. The molecular formula is C12H15ClN2O2S2. The molecule has 0 spiro atoms. The van der Waals surface area contributed by atoms with Crippen LogP contribution in [0.3, 0.4) is 0 Å². The molecule has 0 aliphatic heterocycles. The summed E-state index contributed by atoms with van der Waals surface area (Å²) in [5, 5.41) is 0.153. The van der Waals surface area contributed by atoms with Crippen LogP contribution in [-0.2, 0) is 10.0 Å². The van der Waals surface area contributed by atoms with Gasteiger partial charge >= 0.3 is 0 Å². The van der Waals surface area contributed by atoms with E-state index in [1.807, 2.05) is 6.26 Å². The zero-order chi connectivity index (χ0) is 14.3. The molecule has 0 aliphatic carbocycles. The Labute approximate surface area is 123 Å². The zero-order valence-corrected chi connectivity index (χ0v) is 12.8. The van der Waals surface area contributed by atoms with Gasteiger partial charge in [-0.05, 0) is 24.5 Å². The minimum Gasteiger partial charge on any atom is -0.320 e. The van der Waals surface area contributed by atoms with Gasteiger partial charge in [0.25, 0.3) is 0 Å². The number of nitrogens with one attached hydrogen (secondary N) is 1. The number of benzene rings is 1. The van der Waals surface area contributed by atoms with Crippen LogP contribution < -0.4 is 10.5 Å². The molecule has 1 aromatic carbocycles. The number of hydrogen-bond acceptors (Lipinski definition) is 4. The van der Waals surface area contributed by atoms with E-state index in [-0.39, 0.29) is 16.5 Å². The van der Waals surface area contributed by atoms with Crippen molar-refractivity contribution in [1.29, 1.82) is 0 Å². The summed E-state index contributed by atoms with van der Waals surface area (Å²) in [5.74, 6) is 6.19. The third-order valence-corrected chi connectivity index (χ3v) is 4.71. The van der Waals surface area contributed by atoms with E-state index in [9.17, 15) is 8.42 Å². The quantitative estimate of drug-likeness (QED) is 0.634. The number of thioether (sulfide) groups is 1. The standard InChI is InChI=1S/C12H15ClN2O2S2/c1-18-8-7-15-19(16,17)12-5-4-10(3-2-6-14)9-11(12)13/h4-5,9,15H,6-8,14H2,1H3. The lowest BCUT2D eigenvalue weighted by atomic mass is 10.2. The van der Waals surface area contributed by atoms with Crippen molar-refractivity contribution < 1.29 is 8.42 Å². The van der Waals surface area contributed by atoms with E-state index in [1.54, 1.807) is 17.8 Å². The van der Waals surface area contributed by atoms with Crippen LogP contribution in [0.4, 0.5) is 0 Å². The summed E-state index contributed by atoms with van der Waals surface area (Å²) in [6.07, 6.45) is 1.91. The van der Waals surface area contributed by atoms with Gasteiger partial charge < -0.3 is 5.73 Å². The molecule has 0 fully saturated rings. The number of nitrogens with two attached hydrogens (primary N) is 1. The van der Waals surface area contributed by atoms with Crippen LogP contribution in [-0.4, -0.2) is 33.5 Å². The summed E-state index contributed by atoms with van der Waals surface area (Å²) in [6.45, 7) is 0.614. The van der Waals surface area contributed by atoms with Crippen molar-refractivity contribution >= 4 is 33.4 Å². The van der Waals surface area contributed by atoms with Gasteiger partial charge in [-0.2, -0.15) is 11.8 Å². The van der Waals surface area contributed by atoms with Gasteiger partial charge in [-0.15, -0.1) is 0 Å². The fraction of sp³-hybridized carbons (Fsp3) is 0.333. The molecule has 7 heteroatoms. The summed E-state index contributed by atoms with van der Waals surface area (Å²) in [7, 11) is -3.57. The molecule has 0 atom stereocenters. The molecule has 1 rings (SSSR count). The first kappa shape index (κ1) is 16.3. The van der Waals surface area contributed by atoms with Gasteiger partial charge in [0.2, 0.25) is 10.0 Å². The number of hydrogen-bond donors (Lipinski definition) is 2. The summed E-state index contributed by atoms with van der Waals surface area (Å²) in [6, 6.07) is 4.58. The van der Waals surface area contributed by atoms with Gasteiger partial charge in [-0.3, -0.25) is 0 Å². The molecule has 3 N–H and O–H groups in total. The van der Waals surface area contributed by atoms with Gasteiger partial charge in [-0.1, -0.05) is 23.4 Å². The van der Waals surface area contributed by atoms with E-state index < -0.39 is 10.0 Å². The molecule has 0 radical (unpaired) electrons. The van der Waals surface area contributed by atoms with E-state index in [1.165, 1.54) is 12.1 Å². The lowest BCUT2D eigenvalue weighted by Gasteiger charge is -2.08. The van der Waals surface area contributed by atoms with E-state index in [4.69, 9.17) is 17.3 Å². The molecule has 0 amide bonds. The Balaban J connectivity index is 2.95. The second-order valence-corrected chi connectivity index (χ2v) is 6.67. The number of sulfonamides is 1. The molecule has 0 saturated heterocycles. The van der Waals surface area contributed by atoms with Gasteiger partial charge in [0.15, 0.2) is 0 Å². The highest BCUT2D eigenvalue weighted by Gasteiger charge is 2.17. The first-order valence-electron chi connectivity index (χ1n) is 5.48. The summed E-state index contributed by atoms with van der Waals surface area (Å²) < 4.78 is 26.5. The average Bonchev–Trinajstić information content (AvgIpc) is 2.36. The van der Waals surface area contributed by atoms with Crippen LogP contribution in [0.2, 0.25) is 5.02 Å². The minimum atomic E-state index is -3.57. The van der Waals surface area contributed by atoms with Crippen molar-refractivity contribution in [2.75, 3.05) is 25.1 Å². The lowest BCUT2D eigenvalue weighted by molar-refractivity contribution is 0.584. The van der Waals surface area contributed by atoms with E-state index >= 15 is 0 Å². The van der Waals surface area contributed by atoms with Crippen LogP contribution >= 0.6 is 23.4 Å². The van der Waals surface area contributed by atoms with Crippen LogP contribution in [0.25, 0.3) is 0 Å². The third-order valence-electron chi connectivity index (χ3n) is 2.15.